The summed E-state index contributed by atoms with van der Waals surface area (Å²) < 4.78 is 28.2. The van der Waals surface area contributed by atoms with Crippen molar-refractivity contribution in [2.75, 3.05) is 25.5 Å². The first-order valence-electron chi connectivity index (χ1n) is 7.83. The maximum absolute atomic E-state index is 12.3. The molecule has 0 fully saturated rings. The second-order valence-corrected chi connectivity index (χ2v) is 8.25. The Hall–Kier alpha value is -2.00. The van der Waals surface area contributed by atoms with Gasteiger partial charge in [-0.15, -0.1) is 0 Å². The molecule has 3 N–H and O–H groups in total. The number of rotatable bonds is 7. The highest BCUT2D eigenvalue weighted by molar-refractivity contribution is 7.89. The third-order valence-corrected chi connectivity index (χ3v) is 6.20. The number of aliphatic hydroxyl groups is 1. The third kappa shape index (κ3) is 3.98. The van der Waals surface area contributed by atoms with Crippen LogP contribution in [0.15, 0.2) is 47.4 Å². The number of benzene rings is 2. The molecule has 25 heavy (non-hydrogen) atoms. The molecule has 8 heteroatoms. The molecule has 3 rings (SSSR count). The molecule has 0 unspecified atom stereocenters. The van der Waals surface area contributed by atoms with E-state index in [0.29, 0.717) is 6.42 Å². The molecule has 0 aliphatic heterocycles. The normalized spacial score (nSPS) is 11.8. The van der Waals surface area contributed by atoms with Crippen LogP contribution in [-0.2, 0) is 10.0 Å². The van der Waals surface area contributed by atoms with Gasteiger partial charge < -0.3 is 10.4 Å². The lowest BCUT2D eigenvalue weighted by atomic mass is 10.1. The zero-order chi connectivity index (χ0) is 17.9. The monoisotopic (exact) mass is 377 g/mol. The first-order chi connectivity index (χ1) is 12.0. The number of hydrogen-bond acceptors (Lipinski definition) is 6. The van der Waals surface area contributed by atoms with Crippen LogP contribution in [0.5, 0.6) is 0 Å². The number of fused-ring (bicyclic) bond motifs is 1. The van der Waals surface area contributed by atoms with Gasteiger partial charge in [0.1, 0.15) is 0 Å². The van der Waals surface area contributed by atoms with Gasteiger partial charge in [-0.25, -0.2) is 18.1 Å². The SMILES string of the molecule is CNc1nc2ccc(-c3cccc(S(=O)(=O)NCCCO)c3)cc2s1. The van der Waals surface area contributed by atoms with Crippen LogP contribution in [0.3, 0.4) is 0 Å². The molecular weight excluding hydrogens is 358 g/mol. The Bertz CT molecular complexity index is 984. The summed E-state index contributed by atoms with van der Waals surface area (Å²) in [5, 5.41) is 12.7. The summed E-state index contributed by atoms with van der Waals surface area (Å²) in [6.45, 7) is 0.161. The zero-order valence-electron chi connectivity index (χ0n) is 13.7. The lowest BCUT2D eigenvalue weighted by Crippen LogP contribution is -2.25. The first kappa shape index (κ1) is 17.8. The topological polar surface area (TPSA) is 91.3 Å². The van der Waals surface area contributed by atoms with Crippen molar-refractivity contribution >= 4 is 36.7 Å². The van der Waals surface area contributed by atoms with Crippen molar-refractivity contribution in [2.45, 2.75) is 11.3 Å². The van der Waals surface area contributed by atoms with Gasteiger partial charge in [-0.3, -0.25) is 0 Å². The lowest BCUT2D eigenvalue weighted by Gasteiger charge is -2.08. The van der Waals surface area contributed by atoms with Crippen molar-refractivity contribution in [1.29, 1.82) is 0 Å². The Labute approximate surface area is 150 Å². The van der Waals surface area contributed by atoms with E-state index in [4.69, 9.17) is 5.11 Å². The Morgan fingerprint density at radius 3 is 2.72 bits per heavy atom. The fourth-order valence-electron chi connectivity index (χ4n) is 2.42. The predicted molar refractivity (Wildman–Crippen MR) is 101 cm³/mol. The van der Waals surface area contributed by atoms with E-state index in [1.165, 1.54) is 0 Å². The molecule has 0 amide bonds. The predicted octanol–water partition coefficient (Wildman–Crippen LogP) is 2.67. The van der Waals surface area contributed by atoms with Gasteiger partial charge in [-0.05, 0) is 41.8 Å². The number of aliphatic hydroxyl groups excluding tert-OH is 1. The molecule has 6 nitrogen and oxygen atoms in total. The Kier molecular flexibility index (Phi) is 5.33. The van der Waals surface area contributed by atoms with Crippen LogP contribution in [0.4, 0.5) is 5.13 Å². The summed E-state index contributed by atoms with van der Waals surface area (Å²) in [5.41, 5.74) is 2.67. The van der Waals surface area contributed by atoms with Crippen molar-refractivity contribution in [3.8, 4) is 11.1 Å². The van der Waals surface area contributed by atoms with Crippen LogP contribution >= 0.6 is 11.3 Å². The molecule has 0 aliphatic carbocycles. The van der Waals surface area contributed by atoms with Crippen LogP contribution in [0.2, 0.25) is 0 Å². The first-order valence-corrected chi connectivity index (χ1v) is 10.1. The van der Waals surface area contributed by atoms with Gasteiger partial charge in [-0.2, -0.15) is 0 Å². The van der Waals surface area contributed by atoms with E-state index in [0.717, 1.165) is 26.5 Å². The second kappa shape index (κ2) is 7.49. The van der Waals surface area contributed by atoms with Gasteiger partial charge in [0, 0.05) is 20.2 Å². The van der Waals surface area contributed by atoms with E-state index >= 15 is 0 Å². The molecule has 1 heterocycles. The van der Waals surface area contributed by atoms with E-state index in [9.17, 15) is 8.42 Å². The van der Waals surface area contributed by atoms with Crippen LogP contribution in [-0.4, -0.2) is 38.7 Å². The third-order valence-electron chi connectivity index (χ3n) is 3.71. The highest BCUT2D eigenvalue weighted by atomic mass is 32.2. The molecule has 0 bridgehead atoms. The van der Waals surface area contributed by atoms with Crippen molar-refractivity contribution in [2.24, 2.45) is 0 Å². The van der Waals surface area contributed by atoms with Gasteiger partial charge in [0.2, 0.25) is 10.0 Å². The van der Waals surface area contributed by atoms with Crippen LogP contribution in [0.25, 0.3) is 21.3 Å². The smallest absolute Gasteiger partial charge is 0.240 e. The number of thiazole rings is 1. The summed E-state index contributed by atoms with van der Waals surface area (Å²) in [6, 6.07) is 12.7. The van der Waals surface area contributed by atoms with E-state index in [2.05, 4.69) is 15.0 Å². The number of nitrogens with one attached hydrogen (secondary N) is 2. The Morgan fingerprint density at radius 2 is 1.96 bits per heavy atom. The van der Waals surface area contributed by atoms with E-state index in [1.54, 1.807) is 29.5 Å². The van der Waals surface area contributed by atoms with Gasteiger partial charge in [-0.1, -0.05) is 29.5 Å². The molecule has 132 valence electrons. The van der Waals surface area contributed by atoms with Crippen LogP contribution in [0, 0.1) is 0 Å². The lowest BCUT2D eigenvalue weighted by molar-refractivity contribution is 0.289. The fourth-order valence-corrected chi connectivity index (χ4v) is 4.40. The molecule has 0 atom stereocenters. The van der Waals surface area contributed by atoms with E-state index < -0.39 is 10.0 Å². The number of aromatic nitrogens is 1. The molecule has 0 spiro atoms. The van der Waals surface area contributed by atoms with Crippen molar-refractivity contribution < 1.29 is 13.5 Å². The number of nitrogens with zero attached hydrogens (tertiary/aromatic N) is 1. The molecule has 0 radical (unpaired) electrons. The molecule has 0 aliphatic rings. The molecule has 0 saturated heterocycles. The largest absolute Gasteiger partial charge is 0.396 e. The summed E-state index contributed by atoms with van der Waals surface area (Å²) >= 11 is 1.55. The number of hydrogen-bond donors (Lipinski definition) is 3. The molecular formula is C17H19N3O3S2. The van der Waals surface area contributed by atoms with Crippen LogP contribution in [0.1, 0.15) is 6.42 Å². The van der Waals surface area contributed by atoms with Gasteiger partial charge in [0.05, 0.1) is 15.1 Å². The average molecular weight is 377 g/mol. The zero-order valence-corrected chi connectivity index (χ0v) is 15.3. The maximum Gasteiger partial charge on any atom is 0.240 e. The highest BCUT2D eigenvalue weighted by Crippen LogP contribution is 2.31. The molecule has 0 saturated carbocycles. The minimum absolute atomic E-state index is 0.0496. The molecule has 3 aromatic rings. The summed E-state index contributed by atoms with van der Waals surface area (Å²) in [7, 11) is -1.76. The van der Waals surface area contributed by atoms with E-state index in [-0.39, 0.29) is 18.0 Å². The minimum Gasteiger partial charge on any atom is -0.396 e. The van der Waals surface area contributed by atoms with Crippen molar-refractivity contribution in [3.63, 3.8) is 0 Å². The summed E-state index contributed by atoms with van der Waals surface area (Å²) in [4.78, 5) is 4.66. The Morgan fingerprint density at radius 1 is 1.16 bits per heavy atom. The number of sulfonamides is 1. The van der Waals surface area contributed by atoms with E-state index in [1.807, 2.05) is 31.3 Å². The fraction of sp³-hybridized carbons (Fsp3) is 0.235. The van der Waals surface area contributed by atoms with Crippen molar-refractivity contribution in [3.05, 3.63) is 42.5 Å². The molecule has 1 aromatic heterocycles. The quantitative estimate of drug-likeness (QED) is 0.551. The molecule has 2 aromatic carbocycles. The van der Waals surface area contributed by atoms with Gasteiger partial charge in [0.15, 0.2) is 5.13 Å². The van der Waals surface area contributed by atoms with Crippen LogP contribution < -0.4 is 10.0 Å². The number of anilines is 1. The average Bonchev–Trinajstić information content (AvgIpc) is 3.04. The second-order valence-electron chi connectivity index (χ2n) is 5.45. The standard InChI is InChI=1S/C17H19N3O3S2/c1-18-17-20-15-7-6-13(11-16(15)24-17)12-4-2-5-14(10-12)25(22,23)19-8-3-9-21/h2,4-7,10-11,19,21H,3,8-9H2,1H3,(H,18,20). The minimum atomic E-state index is -3.59. The Balaban J connectivity index is 1.93. The highest BCUT2D eigenvalue weighted by Gasteiger charge is 2.14. The maximum atomic E-state index is 12.3. The van der Waals surface area contributed by atoms with Gasteiger partial charge >= 0.3 is 0 Å². The summed E-state index contributed by atoms with van der Waals surface area (Å²) in [5.74, 6) is 0. The summed E-state index contributed by atoms with van der Waals surface area (Å²) in [6.07, 6.45) is 0.384. The van der Waals surface area contributed by atoms with Crippen molar-refractivity contribution in [1.82, 2.24) is 9.71 Å². The van der Waals surface area contributed by atoms with Gasteiger partial charge in [0.25, 0.3) is 0 Å².